The Bertz CT molecular complexity index is 302. The van der Waals surface area contributed by atoms with Crippen molar-refractivity contribution in [3.05, 3.63) is 0 Å². The molecule has 2 rings (SSSR count). The molecular formula is C16H31N3O. The van der Waals surface area contributed by atoms with E-state index in [9.17, 15) is 4.79 Å². The Morgan fingerprint density at radius 1 is 1.20 bits per heavy atom. The van der Waals surface area contributed by atoms with Crippen LogP contribution in [0.4, 0.5) is 0 Å². The Labute approximate surface area is 123 Å². The van der Waals surface area contributed by atoms with Gasteiger partial charge < -0.3 is 16.0 Å². The number of rotatable bonds is 5. The van der Waals surface area contributed by atoms with Crippen LogP contribution in [0, 0.1) is 5.92 Å². The Kier molecular flexibility index (Phi) is 6.30. The van der Waals surface area contributed by atoms with E-state index in [0.29, 0.717) is 12.3 Å². The monoisotopic (exact) mass is 281 g/mol. The number of nitrogens with two attached hydrogens (primary N) is 1. The van der Waals surface area contributed by atoms with Crippen LogP contribution in [0.5, 0.6) is 0 Å². The van der Waals surface area contributed by atoms with Crippen LogP contribution in [-0.4, -0.2) is 42.5 Å². The molecule has 116 valence electrons. The van der Waals surface area contributed by atoms with Crippen LogP contribution < -0.4 is 11.1 Å². The summed E-state index contributed by atoms with van der Waals surface area (Å²) in [7, 11) is 0. The molecule has 1 saturated heterocycles. The number of amides is 1. The fourth-order valence-corrected chi connectivity index (χ4v) is 3.64. The minimum atomic E-state index is 0.192. The maximum atomic E-state index is 12.1. The maximum absolute atomic E-state index is 12.1. The van der Waals surface area contributed by atoms with Gasteiger partial charge in [-0.15, -0.1) is 0 Å². The lowest BCUT2D eigenvalue weighted by atomic mass is 9.83. The predicted octanol–water partition coefficient (Wildman–Crippen LogP) is 1.88. The lowest BCUT2D eigenvalue weighted by Crippen LogP contribution is -2.45. The molecule has 4 heteroatoms. The normalized spacial score (nSPS) is 29.9. The van der Waals surface area contributed by atoms with E-state index in [1.54, 1.807) is 0 Å². The van der Waals surface area contributed by atoms with E-state index in [0.717, 1.165) is 19.4 Å². The van der Waals surface area contributed by atoms with Gasteiger partial charge in [0.2, 0.25) is 5.91 Å². The van der Waals surface area contributed by atoms with Gasteiger partial charge in [-0.3, -0.25) is 4.79 Å². The van der Waals surface area contributed by atoms with Gasteiger partial charge in [-0.1, -0.05) is 19.3 Å². The Morgan fingerprint density at radius 3 is 2.60 bits per heavy atom. The molecule has 1 heterocycles. The molecule has 0 aromatic carbocycles. The van der Waals surface area contributed by atoms with Crippen LogP contribution in [0.2, 0.25) is 0 Å². The van der Waals surface area contributed by atoms with Crippen molar-refractivity contribution >= 4 is 5.91 Å². The molecule has 20 heavy (non-hydrogen) atoms. The molecule has 1 aliphatic heterocycles. The topological polar surface area (TPSA) is 58.4 Å². The van der Waals surface area contributed by atoms with Crippen LogP contribution in [0.3, 0.4) is 0 Å². The first-order valence-electron chi connectivity index (χ1n) is 8.42. The van der Waals surface area contributed by atoms with E-state index < -0.39 is 0 Å². The maximum Gasteiger partial charge on any atom is 0.220 e. The summed E-state index contributed by atoms with van der Waals surface area (Å²) in [4.78, 5) is 14.6. The Morgan fingerprint density at radius 2 is 1.90 bits per heavy atom. The van der Waals surface area contributed by atoms with Gasteiger partial charge in [0, 0.05) is 25.0 Å². The van der Waals surface area contributed by atoms with Gasteiger partial charge in [-0.2, -0.15) is 0 Å². The summed E-state index contributed by atoms with van der Waals surface area (Å²) in [6.07, 6.45) is 9.24. The number of carbonyl (C=O) groups excluding carboxylic acids is 1. The molecule has 1 amide bonds. The summed E-state index contributed by atoms with van der Waals surface area (Å²) >= 11 is 0. The predicted molar refractivity (Wildman–Crippen MR) is 82.4 cm³/mol. The Hall–Kier alpha value is -0.610. The molecule has 1 saturated carbocycles. The van der Waals surface area contributed by atoms with Crippen LogP contribution in [-0.2, 0) is 4.79 Å². The molecule has 3 N–H and O–H groups in total. The molecule has 0 aromatic heterocycles. The number of hydrogen-bond acceptors (Lipinski definition) is 3. The molecule has 0 aromatic rings. The number of nitrogens with one attached hydrogen (secondary N) is 1. The van der Waals surface area contributed by atoms with Crippen molar-refractivity contribution in [1.82, 2.24) is 10.2 Å². The summed E-state index contributed by atoms with van der Waals surface area (Å²) in [6, 6.07) is 0.479. The molecule has 3 unspecified atom stereocenters. The zero-order valence-corrected chi connectivity index (χ0v) is 12.9. The highest BCUT2D eigenvalue weighted by Crippen LogP contribution is 2.25. The summed E-state index contributed by atoms with van der Waals surface area (Å²) in [6.45, 7) is 5.48. The van der Waals surface area contributed by atoms with Crippen molar-refractivity contribution in [2.75, 3.05) is 19.6 Å². The molecule has 2 aliphatic rings. The van der Waals surface area contributed by atoms with Gasteiger partial charge in [0.25, 0.3) is 0 Å². The zero-order valence-electron chi connectivity index (χ0n) is 12.9. The van der Waals surface area contributed by atoms with E-state index in [2.05, 4.69) is 17.1 Å². The number of likely N-dealkylation sites (tertiary alicyclic amines) is 1. The second-order valence-electron chi connectivity index (χ2n) is 6.74. The number of piperidine rings is 1. The zero-order chi connectivity index (χ0) is 14.4. The number of nitrogens with zero attached hydrogens (tertiary/aromatic N) is 1. The minimum Gasteiger partial charge on any atom is -0.352 e. The largest absolute Gasteiger partial charge is 0.352 e. The van der Waals surface area contributed by atoms with E-state index in [1.807, 2.05) is 0 Å². The van der Waals surface area contributed by atoms with E-state index in [4.69, 9.17) is 5.73 Å². The van der Waals surface area contributed by atoms with Crippen molar-refractivity contribution < 1.29 is 4.79 Å². The van der Waals surface area contributed by atoms with Gasteiger partial charge in [-0.05, 0) is 51.6 Å². The fourth-order valence-electron chi connectivity index (χ4n) is 3.64. The number of hydrogen-bond donors (Lipinski definition) is 2. The van der Waals surface area contributed by atoms with E-state index in [-0.39, 0.29) is 18.0 Å². The molecule has 0 spiro atoms. The summed E-state index contributed by atoms with van der Waals surface area (Å²) in [5, 5.41) is 3.16. The van der Waals surface area contributed by atoms with Crippen LogP contribution >= 0.6 is 0 Å². The van der Waals surface area contributed by atoms with Crippen molar-refractivity contribution in [3.63, 3.8) is 0 Å². The van der Waals surface area contributed by atoms with Crippen LogP contribution in [0.25, 0.3) is 0 Å². The van der Waals surface area contributed by atoms with Gasteiger partial charge in [0.05, 0.1) is 0 Å². The third-order valence-corrected chi connectivity index (χ3v) is 4.80. The van der Waals surface area contributed by atoms with E-state index >= 15 is 0 Å². The highest BCUT2D eigenvalue weighted by atomic mass is 16.1. The smallest absolute Gasteiger partial charge is 0.220 e. The first-order valence-corrected chi connectivity index (χ1v) is 8.42. The highest BCUT2D eigenvalue weighted by Gasteiger charge is 2.24. The second kappa shape index (κ2) is 7.99. The molecule has 0 radical (unpaired) electrons. The Balaban J connectivity index is 1.67. The molecule has 1 aliphatic carbocycles. The summed E-state index contributed by atoms with van der Waals surface area (Å²) in [5.74, 6) is 0.586. The molecule has 2 fully saturated rings. The van der Waals surface area contributed by atoms with Crippen LogP contribution in [0.15, 0.2) is 0 Å². The second-order valence-corrected chi connectivity index (χ2v) is 6.74. The van der Waals surface area contributed by atoms with Gasteiger partial charge in [0.15, 0.2) is 0 Å². The SMILES string of the molecule is CC(CN1CCCCC1)NC(=O)CC1CCCCC1N. The number of carbonyl (C=O) groups is 1. The lowest BCUT2D eigenvalue weighted by molar-refractivity contribution is -0.123. The third kappa shape index (κ3) is 5.06. The molecule has 3 atom stereocenters. The fraction of sp³-hybridized carbons (Fsp3) is 0.938. The molecule has 4 nitrogen and oxygen atoms in total. The van der Waals surface area contributed by atoms with Crippen molar-refractivity contribution in [2.45, 2.75) is 70.4 Å². The van der Waals surface area contributed by atoms with Gasteiger partial charge >= 0.3 is 0 Å². The first kappa shape index (κ1) is 15.8. The summed E-state index contributed by atoms with van der Waals surface area (Å²) in [5.41, 5.74) is 6.12. The lowest BCUT2D eigenvalue weighted by Gasteiger charge is -2.31. The summed E-state index contributed by atoms with van der Waals surface area (Å²) < 4.78 is 0. The molecule has 0 bridgehead atoms. The highest BCUT2D eigenvalue weighted by molar-refractivity contribution is 5.76. The first-order chi connectivity index (χ1) is 9.65. The van der Waals surface area contributed by atoms with E-state index in [1.165, 1.54) is 45.2 Å². The van der Waals surface area contributed by atoms with Crippen molar-refractivity contribution in [2.24, 2.45) is 11.7 Å². The van der Waals surface area contributed by atoms with Gasteiger partial charge in [-0.25, -0.2) is 0 Å². The minimum absolute atomic E-state index is 0.192. The third-order valence-electron chi connectivity index (χ3n) is 4.80. The standard InChI is InChI=1S/C16H31N3O/c1-13(12-19-9-5-2-6-10-19)18-16(20)11-14-7-3-4-8-15(14)17/h13-15H,2-12,17H2,1H3,(H,18,20). The quantitative estimate of drug-likeness (QED) is 0.809. The van der Waals surface area contributed by atoms with Gasteiger partial charge in [0.1, 0.15) is 0 Å². The van der Waals surface area contributed by atoms with Crippen molar-refractivity contribution in [3.8, 4) is 0 Å². The van der Waals surface area contributed by atoms with Crippen molar-refractivity contribution in [1.29, 1.82) is 0 Å². The van der Waals surface area contributed by atoms with Crippen LogP contribution in [0.1, 0.15) is 58.3 Å². The molecular weight excluding hydrogens is 250 g/mol. The average Bonchev–Trinajstić information content (AvgIpc) is 2.42. The average molecular weight is 281 g/mol.